The molecule has 2 saturated carbocycles. The van der Waals surface area contributed by atoms with Crippen LogP contribution in [0.5, 0.6) is 0 Å². The molecule has 0 aromatic rings. The van der Waals surface area contributed by atoms with Crippen molar-refractivity contribution in [2.24, 2.45) is 0 Å². The highest BCUT2D eigenvalue weighted by Crippen LogP contribution is 2.15. The second-order valence-electron chi connectivity index (χ2n) is 4.53. The fourth-order valence-corrected chi connectivity index (χ4v) is 2.12. The highest BCUT2D eigenvalue weighted by molar-refractivity contribution is 5.53. The van der Waals surface area contributed by atoms with E-state index in [1.165, 1.54) is 77.0 Å². The molecular formula is C13H26O3. The van der Waals surface area contributed by atoms with Gasteiger partial charge in [-0.2, -0.15) is 0 Å². The molecule has 2 N–H and O–H groups in total. The van der Waals surface area contributed by atoms with Crippen molar-refractivity contribution in [3.63, 3.8) is 0 Å². The van der Waals surface area contributed by atoms with Crippen molar-refractivity contribution >= 4 is 6.16 Å². The van der Waals surface area contributed by atoms with E-state index in [9.17, 15) is 0 Å². The van der Waals surface area contributed by atoms with Crippen molar-refractivity contribution < 1.29 is 15.0 Å². The Morgan fingerprint density at radius 3 is 0.625 bits per heavy atom. The third-order valence-corrected chi connectivity index (χ3v) is 3.00. The van der Waals surface area contributed by atoms with Crippen LogP contribution in [-0.2, 0) is 0 Å². The van der Waals surface area contributed by atoms with Gasteiger partial charge in [-0.25, -0.2) is 4.79 Å². The summed E-state index contributed by atoms with van der Waals surface area (Å²) in [7, 11) is 0. The molecular weight excluding hydrogens is 204 g/mol. The molecule has 0 atom stereocenters. The van der Waals surface area contributed by atoms with Crippen LogP contribution in [0.25, 0.3) is 0 Å². The second kappa shape index (κ2) is 12.3. The van der Waals surface area contributed by atoms with Crippen LogP contribution < -0.4 is 0 Å². The first-order valence-electron chi connectivity index (χ1n) is 6.65. The summed E-state index contributed by atoms with van der Waals surface area (Å²) in [5.41, 5.74) is 0. The molecule has 2 aliphatic carbocycles. The molecule has 0 aromatic carbocycles. The van der Waals surface area contributed by atoms with Gasteiger partial charge >= 0.3 is 6.16 Å². The van der Waals surface area contributed by atoms with Crippen molar-refractivity contribution in [2.75, 3.05) is 0 Å². The minimum Gasteiger partial charge on any atom is -0.450 e. The van der Waals surface area contributed by atoms with Gasteiger partial charge in [0.25, 0.3) is 0 Å². The fraction of sp³-hybridized carbons (Fsp3) is 0.923. The molecule has 2 aliphatic rings. The first-order chi connectivity index (χ1) is 7.73. The summed E-state index contributed by atoms with van der Waals surface area (Å²) in [6.45, 7) is 0. The van der Waals surface area contributed by atoms with Gasteiger partial charge in [0.05, 0.1) is 0 Å². The molecule has 0 aliphatic heterocycles. The third-order valence-electron chi connectivity index (χ3n) is 3.00. The minimum absolute atomic E-state index is 1.50. The maximum Gasteiger partial charge on any atom is 0.503 e. The van der Waals surface area contributed by atoms with Crippen molar-refractivity contribution in [1.29, 1.82) is 0 Å². The van der Waals surface area contributed by atoms with E-state index < -0.39 is 6.16 Å². The highest BCUT2D eigenvalue weighted by Gasteiger charge is 1.96. The number of hydrogen-bond donors (Lipinski definition) is 2. The lowest BCUT2D eigenvalue weighted by Crippen LogP contribution is -1.85. The Bertz CT molecular complexity index is 110. The lowest BCUT2D eigenvalue weighted by Gasteiger charge is -2.05. The molecule has 3 nitrogen and oxygen atoms in total. The molecule has 0 unspecified atom stereocenters. The van der Waals surface area contributed by atoms with Crippen LogP contribution >= 0.6 is 0 Å². The fourth-order valence-electron chi connectivity index (χ4n) is 2.12. The van der Waals surface area contributed by atoms with Crippen molar-refractivity contribution in [3.05, 3.63) is 0 Å². The van der Waals surface area contributed by atoms with E-state index in [-0.39, 0.29) is 0 Å². The summed E-state index contributed by atoms with van der Waals surface area (Å²) in [4.78, 5) is 8.56. The van der Waals surface area contributed by atoms with Crippen LogP contribution in [0.3, 0.4) is 0 Å². The van der Waals surface area contributed by atoms with Gasteiger partial charge in [0.1, 0.15) is 0 Å². The second-order valence-corrected chi connectivity index (χ2v) is 4.53. The average molecular weight is 230 g/mol. The molecule has 0 radical (unpaired) electrons. The summed E-state index contributed by atoms with van der Waals surface area (Å²) in [5.74, 6) is 0. The number of carbonyl (C=O) groups is 1. The summed E-state index contributed by atoms with van der Waals surface area (Å²) >= 11 is 0. The maximum absolute atomic E-state index is 8.56. The number of hydrogen-bond acceptors (Lipinski definition) is 1. The predicted molar refractivity (Wildman–Crippen MR) is 66.1 cm³/mol. The summed E-state index contributed by atoms with van der Waals surface area (Å²) in [5, 5.41) is 13.9. The van der Waals surface area contributed by atoms with E-state index in [0.717, 1.165) is 0 Å². The smallest absolute Gasteiger partial charge is 0.450 e. The Hall–Kier alpha value is -0.730. The zero-order valence-electron chi connectivity index (χ0n) is 10.3. The lowest BCUT2D eigenvalue weighted by atomic mass is 10.0. The topological polar surface area (TPSA) is 57.5 Å². The van der Waals surface area contributed by atoms with E-state index in [4.69, 9.17) is 15.0 Å². The molecule has 16 heavy (non-hydrogen) atoms. The predicted octanol–water partition coefficient (Wildman–Crippen LogP) is 4.90. The molecule has 0 bridgehead atoms. The van der Waals surface area contributed by atoms with Gasteiger partial charge in [-0.15, -0.1) is 0 Å². The van der Waals surface area contributed by atoms with Crippen molar-refractivity contribution in [1.82, 2.24) is 0 Å². The van der Waals surface area contributed by atoms with Gasteiger partial charge in [-0.3, -0.25) is 0 Å². The van der Waals surface area contributed by atoms with E-state index in [2.05, 4.69) is 0 Å². The molecule has 2 rings (SSSR count). The summed E-state index contributed by atoms with van der Waals surface area (Å²) in [6, 6.07) is 0. The molecule has 0 spiro atoms. The van der Waals surface area contributed by atoms with Gasteiger partial charge in [0.15, 0.2) is 0 Å². The zero-order chi connectivity index (χ0) is 12.1. The highest BCUT2D eigenvalue weighted by atomic mass is 16.6. The van der Waals surface area contributed by atoms with Gasteiger partial charge < -0.3 is 10.2 Å². The molecule has 3 heteroatoms. The number of rotatable bonds is 0. The largest absolute Gasteiger partial charge is 0.503 e. The minimum atomic E-state index is -1.83. The monoisotopic (exact) mass is 230 g/mol. The van der Waals surface area contributed by atoms with Crippen LogP contribution in [0.15, 0.2) is 0 Å². The van der Waals surface area contributed by atoms with Gasteiger partial charge in [-0.05, 0) is 0 Å². The molecule has 0 amide bonds. The van der Waals surface area contributed by atoms with Gasteiger partial charge in [0.2, 0.25) is 0 Å². The van der Waals surface area contributed by atoms with Crippen molar-refractivity contribution in [2.45, 2.75) is 77.0 Å². The van der Waals surface area contributed by atoms with Crippen LogP contribution in [0.2, 0.25) is 0 Å². The first-order valence-corrected chi connectivity index (χ1v) is 6.65. The Labute approximate surface area is 98.9 Å². The molecule has 96 valence electrons. The molecule has 0 heterocycles. The Morgan fingerprint density at radius 1 is 0.500 bits per heavy atom. The quantitative estimate of drug-likeness (QED) is 0.622. The Balaban J connectivity index is 0.000000217. The third kappa shape index (κ3) is 15.7. The molecule has 0 aromatic heterocycles. The van der Waals surface area contributed by atoms with Gasteiger partial charge in [-0.1, -0.05) is 77.0 Å². The first kappa shape index (κ1) is 15.3. The molecule has 2 fully saturated rings. The summed E-state index contributed by atoms with van der Waals surface area (Å²) < 4.78 is 0. The SMILES string of the molecule is C1CCCCC1.C1CCCCC1.O=C(O)O. The van der Waals surface area contributed by atoms with Crippen LogP contribution in [0.1, 0.15) is 77.0 Å². The van der Waals surface area contributed by atoms with Crippen molar-refractivity contribution in [3.8, 4) is 0 Å². The van der Waals surface area contributed by atoms with E-state index in [1.807, 2.05) is 0 Å². The summed E-state index contributed by atoms with van der Waals surface area (Å²) in [6.07, 6.45) is 16.2. The van der Waals surface area contributed by atoms with E-state index in [1.54, 1.807) is 0 Å². The lowest BCUT2D eigenvalue weighted by molar-refractivity contribution is 0.137. The average Bonchev–Trinajstić information content (AvgIpc) is 2.34. The normalized spacial score (nSPS) is 19.5. The maximum atomic E-state index is 8.56. The Kier molecular flexibility index (Phi) is 11.8. The van der Waals surface area contributed by atoms with Gasteiger partial charge in [0, 0.05) is 0 Å². The van der Waals surface area contributed by atoms with E-state index in [0.29, 0.717) is 0 Å². The molecule has 0 saturated heterocycles. The van der Waals surface area contributed by atoms with Crippen LogP contribution in [0, 0.1) is 0 Å². The number of carboxylic acid groups (broad SMARTS) is 2. The van der Waals surface area contributed by atoms with E-state index >= 15 is 0 Å². The zero-order valence-corrected chi connectivity index (χ0v) is 10.3. The Morgan fingerprint density at radius 2 is 0.562 bits per heavy atom. The standard InChI is InChI=1S/2C6H12.CH2O3/c2*1-2-4-6-5-3-1;2-1(3)4/h2*1-6H2;(H2,2,3,4). The van der Waals surface area contributed by atoms with Crippen LogP contribution in [-0.4, -0.2) is 16.4 Å². The van der Waals surface area contributed by atoms with Crippen LogP contribution in [0.4, 0.5) is 4.79 Å².